The number of nitrogens with zero attached hydrogens (tertiary/aromatic N) is 2. The number of aromatic nitrogens is 2. The molecule has 0 aliphatic rings. The number of H-pyrrole nitrogens is 1. The summed E-state index contributed by atoms with van der Waals surface area (Å²) in [6.07, 6.45) is 0.181. The fraction of sp³-hybridized carbons (Fsp3) is 0.154. The van der Waals surface area contributed by atoms with E-state index < -0.39 is 0 Å². The highest BCUT2D eigenvalue weighted by molar-refractivity contribution is 5.79. The van der Waals surface area contributed by atoms with Crippen LogP contribution in [0.3, 0.4) is 0 Å². The van der Waals surface area contributed by atoms with Crippen LogP contribution in [0.15, 0.2) is 23.0 Å². The van der Waals surface area contributed by atoms with Crippen molar-refractivity contribution in [2.45, 2.75) is 13.3 Å². The van der Waals surface area contributed by atoms with Crippen molar-refractivity contribution >= 4 is 10.9 Å². The number of nitrogens with one attached hydrogen (secondary N) is 1. The van der Waals surface area contributed by atoms with E-state index in [1.54, 1.807) is 25.1 Å². The highest BCUT2D eigenvalue weighted by Crippen LogP contribution is 2.09. The number of aryl methyl sites for hydroxylation is 1. The van der Waals surface area contributed by atoms with Gasteiger partial charge in [-0.15, -0.1) is 0 Å². The van der Waals surface area contributed by atoms with Crippen LogP contribution < -0.4 is 5.56 Å². The van der Waals surface area contributed by atoms with E-state index in [0.29, 0.717) is 22.3 Å². The lowest BCUT2D eigenvalue weighted by Crippen LogP contribution is -2.09. The predicted molar refractivity (Wildman–Crippen MR) is 64.2 cm³/mol. The second kappa shape index (κ2) is 4.51. The van der Waals surface area contributed by atoms with Crippen molar-refractivity contribution in [3.05, 3.63) is 39.9 Å². The van der Waals surface area contributed by atoms with E-state index in [2.05, 4.69) is 21.8 Å². The third-order valence-corrected chi connectivity index (χ3v) is 2.22. The molecule has 2 aromatic rings. The highest BCUT2D eigenvalue weighted by Gasteiger charge is 2.01. The number of hydrogen-bond donors (Lipinski definition) is 1. The number of nitriles is 1. The van der Waals surface area contributed by atoms with E-state index in [-0.39, 0.29) is 12.0 Å². The Morgan fingerprint density at radius 1 is 1.47 bits per heavy atom. The number of rotatable bonds is 0. The molecule has 0 aliphatic carbocycles. The SMILES string of the molecule is Cc1nc2ccc(C#CCC#N)cc2c(=O)[nH]1. The first-order valence-electron chi connectivity index (χ1n) is 5.07. The second-order valence-corrected chi connectivity index (χ2v) is 3.52. The van der Waals surface area contributed by atoms with Crippen molar-refractivity contribution in [2.75, 3.05) is 0 Å². The van der Waals surface area contributed by atoms with E-state index in [1.165, 1.54) is 0 Å². The molecule has 0 saturated heterocycles. The van der Waals surface area contributed by atoms with Crippen LogP contribution in [0.2, 0.25) is 0 Å². The molecule has 0 saturated carbocycles. The monoisotopic (exact) mass is 223 g/mol. The molecule has 4 heteroatoms. The summed E-state index contributed by atoms with van der Waals surface area (Å²) in [6, 6.07) is 7.17. The van der Waals surface area contributed by atoms with Gasteiger partial charge in [0.1, 0.15) is 5.82 Å². The lowest BCUT2D eigenvalue weighted by atomic mass is 10.1. The molecular formula is C13H9N3O. The molecule has 17 heavy (non-hydrogen) atoms. The zero-order valence-corrected chi connectivity index (χ0v) is 9.24. The van der Waals surface area contributed by atoms with Gasteiger partial charge in [-0.05, 0) is 25.1 Å². The molecule has 1 aromatic heterocycles. The van der Waals surface area contributed by atoms with E-state index in [4.69, 9.17) is 5.26 Å². The van der Waals surface area contributed by atoms with Gasteiger partial charge in [0.2, 0.25) is 0 Å². The van der Waals surface area contributed by atoms with Gasteiger partial charge in [-0.3, -0.25) is 4.79 Å². The molecule has 1 aromatic carbocycles. The van der Waals surface area contributed by atoms with E-state index in [1.807, 2.05) is 6.07 Å². The maximum absolute atomic E-state index is 11.7. The molecule has 0 aliphatic heterocycles. The molecule has 82 valence electrons. The van der Waals surface area contributed by atoms with Crippen LogP contribution in [0.5, 0.6) is 0 Å². The van der Waals surface area contributed by atoms with Crippen LogP contribution in [0.4, 0.5) is 0 Å². The summed E-state index contributed by atoms with van der Waals surface area (Å²) in [7, 11) is 0. The molecule has 4 nitrogen and oxygen atoms in total. The molecule has 0 atom stereocenters. The zero-order valence-electron chi connectivity index (χ0n) is 9.24. The van der Waals surface area contributed by atoms with Crippen molar-refractivity contribution in [3.8, 4) is 17.9 Å². The quantitative estimate of drug-likeness (QED) is 0.688. The summed E-state index contributed by atoms with van der Waals surface area (Å²) in [6.45, 7) is 1.74. The van der Waals surface area contributed by atoms with Crippen LogP contribution in [-0.2, 0) is 0 Å². The Labute approximate surface area is 97.9 Å². The summed E-state index contributed by atoms with van der Waals surface area (Å²) in [5.74, 6) is 6.12. The van der Waals surface area contributed by atoms with Gasteiger partial charge < -0.3 is 4.98 Å². The molecule has 0 amide bonds. The minimum absolute atomic E-state index is 0.170. The van der Waals surface area contributed by atoms with Gasteiger partial charge in [-0.2, -0.15) is 5.26 Å². The van der Waals surface area contributed by atoms with Crippen LogP contribution in [0.25, 0.3) is 10.9 Å². The standard InChI is InChI=1S/C13H9N3O/c1-9-15-12-6-5-10(4-2-3-7-14)8-11(12)13(17)16-9/h5-6,8H,3H2,1H3,(H,15,16,17). The summed E-state index contributed by atoms with van der Waals surface area (Å²) in [5, 5.41) is 8.89. The third kappa shape index (κ3) is 2.32. The largest absolute Gasteiger partial charge is 0.310 e. The van der Waals surface area contributed by atoms with Crippen LogP contribution in [0, 0.1) is 30.1 Å². The maximum atomic E-state index is 11.7. The number of aromatic amines is 1. The Morgan fingerprint density at radius 2 is 2.29 bits per heavy atom. The Balaban J connectivity index is 2.56. The van der Waals surface area contributed by atoms with Gasteiger partial charge in [0.25, 0.3) is 5.56 Å². The summed E-state index contributed by atoms with van der Waals surface area (Å²) in [5.41, 5.74) is 1.19. The molecule has 0 spiro atoms. The van der Waals surface area contributed by atoms with Gasteiger partial charge in [-0.25, -0.2) is 4.98 Å². The molecule has 0 fully saturated rings. The Hall–Kier alpha value is -2.59. The van der Waals surface area contributed by atoms with E-state index in [9.17, 15) is 4.79 Å². The smallest absolute Gasteiger partial charge is 0.258 e. The summed E-state index contributed by atoms with van der Waals surface area (Å²) < 4.78 is 0. The van der Waals surface area contributed by atoms with Crippen LogP contribution in [0.1, 0.15) is 17.8 Å². The maximum Gasteiger partial charge on any atom is 0.258 e. The molecule has 0 unspecified atom stereocenters. The first-order chi connectivity index (χ1) is 8.20. The lowest BCUT2D eigenvalue weighted by Gasteiger charge is -1.98. The fourth-order valence-corrected chi connectivity index (χ4v) is 1.52. The summed E-state index contributed by atoms with van der Waals surface area (Å²) >= 11 is 0. The minimum Gasteiger partial charge on any atom is -0.310 e. The average Bonchev–Trinajstić information content (AvgIpc) is 2.30. The first kappa shape index (κ1) is 10.9. The zero-order chi connectivity index (χ0) is 12.3. The van der Waals surface area contributed by atoms with Gasteiger partial charge in [-0.1, -0.05) is 11.8 Å². The summed E-state index contributed by atoms with van der Waals surface area (Å²) in [4.78, 5) is 18.5. The predicted octanol–water partition coefficient (Wildman–Crippen LogP) is 1.50. The Morgan fingerprint density at radius 3 is 3.06 bits per heavy atom. The average molecular weight is 223 g/mol. The second-order valence-electron chi connectivity index (χ2n) is 3.52. The Kier molecular flexibility index (Phi) is 2.89. The minimum atomic E-state index is -0.170. The van der Waals surface area contributed by atoms with Crippen molar-refractivity contribution in [2.24, 2.45) is 0 Å². The highest BCUT2D eigenvalue weighted by atomic mass is 16.1. The van der Waals surface area contributed by atoms with Crippen molar-refractivity contribution < 1.29 is 0 Å². The Bertz CT molecular complexity index is 726. The van der Waals surface area contributed by atoms with E-state index in [0.717, 1.165) is 0 Å². The van der Waals surface area contributed by atoms with Crippen LogP contribution >= 0.6 is 0 Å². The van der Waals surface area contributed by atoms with Crippen molar-refractivity contribution in [1.82, 2.24) is 9.97 Å². The van der Waals surface area contributed by atoms with Gasteiger partial charge in [0.05, 0.1) is 23.4 Å². The van der Waals surface area contributed by atoms with E-state index >= 15 is 0 Å². The van der Waals surface area contributed by atoms with Crippen molar-refractivity contribution in [1.29, 1.82) is 5.26 Å². The number of hydrogen-bond acceptors (Lipinski definition) is 3. The van der Waals surface area contributed by atoms with Gasteiger partial charge >= 0.3 is 0 Å². The first-order valence-corrected chi connectivity index (χ1v) is 5.07. The lowest BCUT2D eigenvalue weighted by molar-refractivity contribution is 1.06. The fourth-order valence-electron chi connectivity index (χ4n) is 1.52. The number of fused-ring (bicyclic) bond motifs is 1. The molecule has 0 bridgehead atoms. The molecule has 0 radical (unpaired) electrons. The molecule has 2 rings (SSSR count). The van der Waals surface area contributed by atoms with Gasteiger partial charge in [0.15, 0.2) is 0 Å². The topological polar surface area (TPSA) is 69.5 Å². The van der Waals surface area contributed by atoms with Gasteiger partial charge in [0, 0.05) is 5.56 Å². The van der Waals surface area contributed by atoms with Crippen molar-refractivity contribution in [3.63, 3.8) is 0 Å². The molecular weight excluding hydrogens is 214 g/mol. The normalized spacial score (nSPS) is 9.41. The number of benzene rings is 1. The molecule has 1 heterocycles. The third-order valence-electron chi connectivity index (χ3n) is 2.22. The van der Waals surface area contributed by atoms with Crippen LogP contribution in [-0.4, -0.2) is 9.97 Å². The molecule has 1 N–H and O–H groups in total.